The Morgan fingerprint density at radius 1 is 1.31 bits per heavy atom. The van der Waals surface area contributed by atoms with E-state index in [0.29, 0.717) is 23.7 Å². The van der Waals surface area contributed by atoms with E-state index in [1.165, 1.54) is 6.07 Å². The lowest BCUT2D eigenvalue weighted by Crippen LogP contribution is -2.54. The van der Waals surface area contributed by atoms with Crippen LogP contribution in [0.3, 0.4) is 0 Å². The molecule has 1 aliphatic carbocycles. The maximum absolute atomic E-state index is 14.2. The molecule has 3 rings (SSSR count). The van der Waals surface area contributed by atoms with Gasteiger partial charge in [0.25, 0.3) is 0 Å². The summed E-state index contributed by atoms with van der Waals surface area (Å²) < 4.78 is 14.2. The third-order valence-corrected chi connectivity index (χ3v) is 5.60. The van der Waals surface area contributed by atoms with Crippen molar-refractivity contribution in [3.63, 3.8) is 0 Å². The van der Waals surface area contributed by atoms with Crippen LogP contribution in [0.15, 0.2) is 23.2 Å². The molecule has 0 radical (unpaired) electrons. The van der Waals surface area contributed by atoms with Crippen LogP contribution < -0.4 is 10.6 Å². The highest BCUT2D eigenvalue weighted by atomic mass is 35.5. The molecular weight excluding hydrogens is 393 g/mol. The first kappa shape index (κ1) is 21.8. The van der Waals surface area contributed by atoms with Gasteiger partial charge in [0.05, 0.1) is 6.54 Å². The van der Waals surface area contributed by atoms with Crippen LogP contribution in [0.5, 0.6) is 0 Å². The Labute approximate surface area is 177 Å². The van der Waals surface area contributed by atoms with Gasteiger partial charge in [0.2, 0.25) is 5.91 Å². The number of carbonyl (C=O) groups excluding carboxylic acids is 1. The van der Waals surface area contributed by atoms with Gasteiger partial charge >= 0.3 is 0 Å². The first-order valence-corrected chi connectivity index (χ1v) is 10.8. The summed E-state index contributed by atoms with van der Waals surface area (Å²) in [5, 5.41) is 6.92. The number of aliphatic imine (C=N–C) groups is 1. The summed E-state index contributed by atoms with van der Waals surface area (Å²) >= 11 is 6.22. The number of guanidine groups is 1. The van der Waals surface area contributed by atoms with Gasteiger partial charge in [0, 0.05) is 61.3 Å². The third-order valence-electron chi connectivity index (χ3n) is 5.27. The van der Waals surface area contributed by atoms with Crippen LogP contribution in [-0.2, 0) is 4.79 Å². The van der Waals surface area contributed by atoms with Gasteiger partial charge < -0.3 is 15.5 Å². The first-order chi connectivity index (χ1) is 13.9. The van der Waals surface area contributed by atoms with Crippen molar-refractivity contribution < 1.29 is 9.18 Å². The fourth-order valence-electron chi connectivity index (χ4n) is 3.78. The highest BCUT2D eigenvalue weighted by Crippen LogP contribution is 2.45. The summed E-state index contributed by atoms with van der Waals surface area (Å²) in [7, 11) is 0. The molecule has 2 N–H and O–H groups in total. The molecule has 1 amide bonds. The van der Waals surface area contributed by atoms with Gasteiger partial charge in [-0.1, -0.05) is 17.7 Å². The molecule has 2 aliphatic rings. The third kappa shape index (κ3) is 5.82. The lowest BCUT2D eigenvalue weighted by Gasteiger charge is -2.36. The van der Waals surface area contributed by atoms with Crippen molar-refractivity contribution in [2.24, 2.45) is 4.99 Å². The number of benzene rings is 1. The number of piperazine rings is 1. The zero-order valence-electron chi connectivity index (χ0n) is 17.4. The van der Waals surface area contributed by atoms with Crippen molar-refractivity contribution in [3.8, 4) is 0 Å². The molecule has 2 unspecified atom stereocenters. The Kier molecular flexibility index (Phi) is 7.35. The molecule has 1 aromatic rings. The first-order valence-electron chi connectivity index (χ1n) is 10.4. The monoisotopic (exact) mass is 423 g/mol. The van der Waals surface area contributed by atoms with Crippen LogP contribution in [0, 0.1) is 5.82 Å². The number of nitrogens with one attached hydrogen (secondary N) is 2. The second-order valence-corrected chi connectivity index (χ2v) is 8.42. The largest absolute Gasteiger partial charge is 0.353 e. The van der Waals surface area contributed by atoms with Gasteiger partial charge in [-0.15, -0.1) is 0 Å². The Morgan fingerprint density at radius 2 is 2.03 bits per heavy atom. The quantitative estimate of drug-likeness (QED) is 0.545. The molecule has 29 heavy (non-hydrogen) atoms. The molecule has 1 saturated carbocycles. The Hall–Kier alpha value is -1.86. The molecule has 1 aromatic carbocycles. The second kappa shape index (κ2) is 9.76. The molecule has 2 fully saturated rings. The van der Waals surface area contributed by atoms with E-state index < -0.39 is 0 Å². The number of amides is 1. The van der Waals surface area contributed by atoms with Crippen LogP contribution in [0.2, 0.25) is 5.02 Å². The van der Waals surface area contributed by atoms with Gasteiger partial charge in [0.1, 0.15) is 5.82 Å². The molecule has 0 bridgehead atoms. The summed E-state index contributed by atoms with van der Waals surface area (Å²) in [6.07, 6.45) is 0.846. The molecule has 1 heterocycles. The Bertz CT molecular complexity index is 728. The number of halogens is 2. The number of carbonyl (C=O) groups is 1. The normalized spacial score (nSPS) is 22.7. The Morgan fingerprint density at radius 3 is 2.66 bits per heavy atom. The predicted octanol–water partition coefficient (Wildman–Crippen LogP) is 2.44. The van der Waals surface area contributed by atoms with Gasteiger partial charge in [-0.2, -0.15) is 0 Å². The zero-order chi connectivity index (χ0) is 21.0. The van der Waals surface area contributed by atoms with E-state index >= 15 is 0 Å². The van der Waals surface area contributed by atoms with E-state index in [1.807, 2.05) is 20.8 Å². The highest BCUT2D eigenvalue weighted by molar-refractivity contribution is 6.31. The highest BCUT2D eigenvalue weighted by Gasteiger charge is 2.42. The summed E-state index contributed by atoms with van der Waals surface area (Å²) in [4.78, 5) is 21.0. The second-order valence-electron chi connectivity index (χ2n) is 8.01. The van der Waals surface area contributed by atoms with E-state index in [4.69, 9.17) is 11.6 Å². The van der Waals surface area contributed by atoms with Gasteiger partial charge in [0.15, 0.2) is 5.96 Å². The molecule has 1 saturated heterocycles. The zero-order valence-corrected chi connectivity index (χ0v) is 18.2. The van der Waals surface area contributed by atoms with Crippen LogP contribution in [-0.4, -0.2) is 73.0 Å². The lowest BCUT2D eigenvalue weighted by molar-refractivity contribution is -0.123. The maximum Gasteiger partial charge on any atom is 0.234 e. The maximum atomic E-state index is 14.2. The van der Waals surface area contributed by atoms with Crippen LogP contribution in [0.1, 0.15) is 38.7 Å². The van der Waals surface area contributed by atoms with E-state index in [9.17, 15) is 9.18 Å². The molecule has 6 nitrogen and oxygen atoms in total. The molecule has 2 atom stereocenters. The van der Waals surface area contributed by atoms with Crippen molar-refractivity contribution >= 4 is 23.5 Å². The minimum absolute atomic E-state index is 0.0663. The van der Waals surface area contributed by atoms with Crippen LogP contribution >= 0.6 is 11.6 Å². The predicted molar refractivity (Wildman–Crippen MR) is 115 cm³/mol. The number of nitrogens with zero attached hydrogens (tertiary/aromatic N) is 3. The fraction of sp³-hybridized carbons (Fsp3) is 0.619. The number of hydrogen-bond acceptors (Lipinski definition) is 3. The van der Waals surface area contributed by atoms with Gasteiger partial charge in [-0.25, -0.2) is 4.39 Å². The van der Waals surface area contributed by atoms with Crippen molar-refractivity contribution in [1.82, 2.24) is 20.4 Å². The average Bonchev–Trinajstić information content (AvgIpc) is 3.40. The number of rotatable bonds is 6. The molecular formula is C21H31ClFN5O. The van der Waals surface area contributed by atoms with E-state index in [-0.39, 0.29) is 29.7 Å². The smallest absolute Gasteiger partial charge is 0.234 e. The SMILES string of the molecule is CCN=C(NC1CC1c1c(F)cccc1Cl)N1CCN(CC(=O)NC(C)C)CC1. The van der Waals surface area contributed by atoms with Crippen molar-refractivity contribution in [2.75, 3.05) is 39.3 Å². The summed E-state index contributed by atoms with van der Waals surface area (Å²) in [5.74, 6) is 0.760. The summed E-state index contributed by atoms with van der Waals surface area (Å²) in [5.41, 5.74) is 0.600. The molecule has 0 spiro atoms. The fourth-order valence-corrected chi connectivity index (χ4v) is 4.08. The molecule has 1 aliphatic heterocycles. The standard InChI is InChI=1S/C21H31ClFN5O/c1-4-24-21(26-18-12-15(18)20-16(22)6-5-7-17(20)23)28-10-8-27(9-11-28)13-19(29)25-14(2)3/h5-7,14-15,18H,4,8-13H2,1-3H3,(H,24,26)(H,25,29). The number of hydrogen-bond donors (Lipinski definition) is 2. The lowest BCUT2D eigenvalue weighted by atomic mass is 10.1. The van der Waals surface area contributed by atoms with E-state index in [1.54, 1.807) is 12.1 Å². The Balaban J connectivity index is 1.53. The minimum Gasteiger partial charge on any atom is -0.353 e. The van der Waals surface area contributed by atoms with Crippen LogP contribution in [0.4, 0.5) is 4.39 Å². The van der Waals surface area contributed by atoms with E-state index in [2.05, 4.69) is 25.4 Å². The van der Waals surface area contributed by atoms with Crippen molar-refractivity contribution in [2.45, 2.75) is 45.2 Å². The summed E-state index contributed by atoms with van der Waals surface area (Å²) in [6, 6.07) is 5.14. The van der Waals surface area contributed by atoms with Crippen LogP contribution in [0.25, 0.3) is 0 Å². The molecule has 160 valence electrons. The molecule has 8 heteroatoms. The minimum atomic E-state index is -0.242. The van der Waals surface area contributed by atoms with Crippen molar-refractivity contribution in [3.05, 3.63) is 34.6 Å². The summed E-state index contributed by atoms with van der Waals surface area (Å²) in [6.45, 7) is 10.3. The van der Waals surface area contributed by atoms with Gasteiger partial charge in [-0.05, 0) is 39.3 Å². The van der Waals surface area contributed by atoms with E-state index in [0.717, 1.165) is 38.6 Å². The van der Waals surface area contributed by atoms with Gasteiger partial charge in [-0.3, -0.25) is 14.7 Å². The van der Waals surface area contributed by atoms with Crippen molar-refractivity contribution in [1.29, 1.82) is 0 Å². The average molecular weight is 424 g/mol. The topological polar surface area (TPSA) is 60.0 Å². The molecule has 0 aromatic heterocycles.